The summed E-state index contributed by atoms with van der Waals surface area (Å²) < 4.78 is 17.9. The van der Waals surface area contributed by atoms with Crippen LogP contribution in [0.4, 0.5) is 0 Å². The lowest BCUT2D eigenvalue weighted by Crippen LogP contribution is -2.07. The summed E-state index contributed by atoms with van der Waals surface area (Å²) in [5, 5.41) is 8.92. The molecule has 1 atom stereocenters. The largest absolute Gasteiger partial charge is 0.493 e. The van der Waals surface area contributed by atoms with Crippen LogP contribution < -0.4 is 14.2 Å². The summed E-state index contributed by atoms with van der Waals surface area (Å²) in [5.74, 6) is 1.36. The standard InChI is InChI=1S/C19H19BrO5/c20-14-3-1-4-15(10-14)23-7-2-8-24-16-5-6-17-13(9-19(21)22)12-25-18(17)11-16/h1,3-6,10-11,13H,2,7-9,12H2,(H,21,22). The minimum absolute atomic E-state index is 0.0832. The van der Waals surface area contributed by atoms with E-state index in [1.54, 1.807) is 0 Å². The van der Waals surface area contributed by atoms with Gasteiger partial charge in [0, 0.05) is 28.4 Å². The number of carboxylic acid groups (broad SMARTS) is 1. The van der Waals surface area contributed by atoms with E-state index in [2.05, 4.69) is 15.9 Å². The Kier molecular flexibility index (Phi) is 5.81. The first-order valence-corrected chi connectivity index (χ1v) is 8.91. The van der Waals surface area contributed by atoms with Crippen LogP contribution in [0, 0.1) is 0 Å². The Morgan fingerprint density at radius 1 is 1.16 bits per heavy atom. The highest BCUT2D eigenvalue weighted by Gasteiger charge is 2.26. The molecule has 1 heterocycles. The highest BCUT2D eigenvalue weighted by Crippen LogP contribution is 2.38. The lowest BCUT2D eigenvalue weighted by atomic mass is 9.98. The summed E-state index contributed by atoms with van der Waals surface area (Å²) in [6, 6.07) is 13.3. The van der Waals surface area contributed by atoms with Gasteiger partial charge >= 0.3 is 5.97 Å². The molecule has 1 aliphatic rings. The summed E-state index contributed by atoms with van der Waals surface area (Å²) in [7, 11) is 0. The fraction of sp³-hybridized carbons (Fsp3) is 0.316. The van der Waals surface area contributed by atoms with Crippen LogP contribution in [-0.2, 0) is 4.79 Å². The van der Waals surface area contributed by atoms with Crippen molar-refractivity contribution in [3.05, 3.63) is 52.5 Å². The summed E-state index contributed by atoms with van der Waals surface area (Å²) in [6.45, 7) is 1.51. The molecule has 1 aliphatic heterocycles. The fourth-order valence-electron chi connectivity index (χ4n) is 2.72. The number of hydrogen-bond donors (Lipinski definition) is 1. The van der Waals surface area contributed by atoms with Gasteiger partial charge in [-0.25, -0.2) is 0 Å². The summed E-state index contributed by atoms with van der Waals surface area (Å²) in [4.78, 5) is 10.9. The lowest BCUT2D eigenvalue weighted by molar-refractivity contribution is -0.137. The minimum Gasteiger partial charge on any atom is -0.493 e. The van der Waals surface area contributed by atoms with Gasteiger partial charge in [-0.2, -0.15) is 0 Å². The van der Waals surface area contributed by atoms with Gasteiger partial charge in [0.2, 0.25) is 0 Å². The van der Waals surface area contributed by atoms with E-state index < -0.39 is 5.97 Å². The number of hydrogen-bond acceptors (Lipinski definition) is 4. The van der Waals surface area contributed by atoms with E-state index in [9.17, 15) is 4.79 Å². The van der Waals surface area contributed by atoms with Crippen molar-refractivity contribution in [2.75, 3.05) is 19.8 Å². The molecule has 0 saturated carbocycles. The van der Waals surface area contributed by atoms with Crippen LogP contribution in [0.2, 0.25) is 0 Å². The average Bonchev–Trinajstić information content (AvgIpc) is 2.96. The number of carboxylic acids is 1. The molecule has 0 aromatic heterocycles. The Morgan fingerprint density at radius 2 is 1.92 bits per heavy atom. The number of carbonyl (C=O) groups is 1. The molecule has 0 spiro atoms. The molecule has 1 N–H and O–H groups in total. The van der Waals surface area contributed by atoms with Crippen molar-refractivity contribution < 1.29 is 24.1 Å². The van der Waals surface area contributed by atoms with Crippen LogP contribution in [0.1, 0.15) is 24.3 Å². The van der Waals surface area contributed by atoms with Crippen molar-refractivity contribution in [3.63, 3.8) is 0 Å². The minimum atomic E-state index is -0.813. The second kappa shape index (κ2) is 8.25. The third kappa shape index (κ3) is 4.89. The number of fused-ring (bicyclic) bond motifs is 1. The topological polar surface area (TPSA) is 65.0 Å². The van der Waals surface area contributed by atoms with Gasteiger partial charge in [-0.1, -0.05) is 28.1 Å². The van der Waals surface area contributed by atoms with Crippen molar-refractivity contribution in [2.24, 2.45) is 0 Å². The molecule has 25 heavy (non-hydrogen) atoms. The van der Waals surface area contributed by atoms with Gasteiger partial charge in [-0.05, 0) is 24.3 Å². The van der Waals surface area contributed by atoms with E-state index in [1.807, 2.05) is 42.5 Å². The molecule has 0 bridgehead atoms. The number of ether oxygens (including phenoxy) is 3. The summed E-state index contributed by atoms with van der Waals surface area (Å²) in [5.41, 5.74) is 0.938. The molecular weight excluding hydrogens is 388 g/mol. The van der Waals surface area contributed by atoms with Crippen LogP contribution in [0.3, 0.4) is 0 Å². The summed E-state index contributed by atoms with van der Waals surface area (Å²) >= 11 is 3.41. The number of aliphatic carboxylic acids is 1. The van der Waals surface area contributed by atoms with E-state index in [4.69, 9.17) is 19.3 Å². The first-order valence-electron chi connectivity index (χ1n) is 8.11. The quantitative estimate of drug-likeness (QED) is 0.663. The lowest BCUT2D eigenvalue weighted by Gasteiger charge is -2.10. The molecular formula is C19H19BrO5. The molecule has 0 saturated heterocycles. The molecule has 5 nitrogen and oxygen atoms in total. The Labute approximate surface area is 154 Å². The normalized spacial score (nSPS) is 15.3. The van der Waals surface area contributed by atoms with Gasteiger partial charge < -0.3 is 19.3 Å². The smallest absolute Gasteiger partial charge is 0.304 e. The first-order chi connectivity index (χ1) is 12.1. The molecule has 0 aliphatic carbocycles. The Hall–Kier alpha value is -2.21. The van der Waals surface area contributed by atoms with Crippen LogP contribution in [0.25, 0.3) is 0 Å². The van der Waals surface area contributed by atoms with Crippen molar-refractivity contribution in [1.82, 2.24) is 0 Å². The van der Waals surface area contributed by atoms with Gasteiger partial charge in [-0.15, -0.1) is 0 Å². The van der Waals surface area contributed by atoms with Crippen molar-refractivity contribution in [2.45, 2.75) is 18.8 Å². The summed E-state index contributed by atoms with van der Waals surface area (Å²) in [6.07, 6.45) is 0.840. The van der Waals surface area contributed by atoms with E-state index in [-0.39, 0.29) is 12.3 Å². The zero-order chi connectivity index (χ0) is 17.6. The third-order valence-corrected chi connectivity index (χ3v) is 4.40. The molecule has 132 valence electrons. The van der Waals surface area contributed by atoms with Crippen LogP contribution in [0.15, 0.2) is 46.9 Å². The number of benzene rings is 2. The second-order valence-electron chi connectivity index (χ2n) is 5.81. The van der Waals surface area contributed by atoms with Crippen LogP contribution in [-0.4, -0.2) is 30.9 Å². The highest BCUT2D eigenvalue weighted by molar-refractivity contribution is 9.10. The SMILES string of the molecule is O=C(O)CC1COc2cc(OCCCOc3cccc(Br)c3)ccc21. The van der Waals surface area contributed by atoms with E-state index in [1.165, 1.54) is 0 Å². The number of rotatable bonds is 8. The fourth-order valence-corrected chi connectivity index (χ4v) is 3.10. The average molecular weight is 407 g/mol. The van der Waals surface area contributed by atoms with Gasteiger partial charge in [0.25, 0.3) is 0 Å². The van der Waals surface area contributed by atoms with E-state index in [0.29, 0.717) is 25.6 Å². The monoisotopic (exact) mass is 406 g/mol. The molecule has 0 fully saturated rings. The van der Waals surface area contributed by atoms with E-state index in [0.717, 1.165) is 28.0 Å². The maximum atomic E-state index is 10.9. The van der Waals surface area contributed by atoms with Gasteiger partial charge in [0.05, 0.1) is 26.2 Å². The zero-order valence-electron chi connectivity index (χ0n) is 13.6. The van der Waals surface area contributed by atoms with Crippen molar-refractivity contribution in [1.29, 1.82) is 0 Å². The Balaban J connectivity index is 1.44. The Bertz CT molecular complexity index is 746. The molecule has 3 rings (SSSR count). The maximum absolute atomic E-state index is 10.9. The van der Waals surface area contributed by atoms with Crippen molar-refractivity contribution >= 4 is 21.9 Å². The molecule has 0 radical (unpaired) electrons. The van der Waals surface area contributed by atoms with Crippen LogP contribution in [0.5, 0.6) is 17.2 Å². The predicted molar refractivity (Wildman–Crippen MR) is 96.7 cm³/mol. The van der Waals surface area contributed by atoms with Crippen molar-refractivity contribution in [3.8, 4) is 17.2 Å². The van der Waals surface area contributed by atoms with E-state index >= 15 is 0 Å². The highest BCUT2D eigenvalue weighted by atomic mass is 79.9. The van der Waals surface area contributed by atoms with Gasteiger partial charge in [0.15, 0.2) is 0 Å². The molecule has 0 amide bonds. The first kappa shape index (κ1) is 17.6. The van der Waals surface area contributed by atoms with Crippen LogP contribution >= 0.6 is 15.9 Å². The second-order valence-corrected chi connectivity index (χ2v) is 6.73. The third-order valence-electron chi connectivity index (χ3n) is 3.91. The molecule has 2 aromatic carbocycles. The Morgan fingerprint density at radius 3 is 2.64 bits per heavy atom. The number of halogens is 1. The predicted octanol–water partition coefficient (Wildman–Crippen LogP) is 4.25. The maximum Gasteiger partial charge on any atom is 0.304 e. The van der Waals surface area contributed by atoms with Gasteiger partial charge in [-0.3, -0.25) is 4.79 Å². The van der Waals surface area contributed by atoms with Gasteiger partial charge in [0.1, 0.15) is 17.2 Å². The molecule has 6 heteroatoms. The molecule has 1 unspecified atom stereocenters. The molecule has 2 aromatic rings. The zero-order valence-corrected chi connectivity index (χ0v) is 15.2.